The van der Waals surface area contributed by atoms with Crippen molar-refractivity contribution in [3.05, 3.63) is 35.4 Å². The van der Waals surface area contributed by atoms with Crippen LogP contribution in [0.3, 0.4) is 0 Å². The summed E-state index contributed by atoms with van der Waals surface area (Å²) in [5.74, 6) is -0.341. The average molecular weight is 332 g/mol. The lowest BCUT2D eigenvalue weighted by Crippen LogP contribution is -2.43. The minimum atomic E-state index is -0.839. The van der Waals surface area contributed by atoms with Crippen molar-refractivity contribution in [2.75, 3.05) is 13.1 Å². The first-order valence-corrected chi connectivity index (χ1v) is 8.72. The van der Waals surface area contributed by atoms with Crippen molar-refractivity contribution < 1.29 is 14.7 Å². The number of carboxylic acid groups (broad SMARTS) is 1. The predicted molar refractivity (Wildman–Crippen MR) is 93.8 cm³/mol. The fraction of sp³-hybridized carbons (Fsp3) is 0.579. The summed E-state index contributed by atoms with van der Waals surface area (Å²) >= 11 is 0. The number of carboxylic acids is 1. The number of nitrogens with zero attached hydrogens (tertiary/aromatic N) is 1. The Kier molecular flexibility index (Phi) is 6.37. The van der Waals surface area contributed by atoms with Crippen molar-refractivity contribution in [1.82, 2.24) is 10.2 Å². The molecular formula is C19H28N2O3. The summed E-state index contributed by atoms with van der Waals surface area (Å²) < 4.78 is 0. The Morgan fingerprint density at radius 1 is 1.25 bits per heavy atom. The van der Waals surface area contributed by atoms with E-state index >= 15 is 0 Å². The van der Waals surface area contributed by atoms with Crippen LogP contribution in [-0.2, 0) is 16.0 Å². The Bertz CT molecular complexity index is 568. The molecule has 2 rings (SSSR count). The zero-order chi connectivity index (χ0) is 17.7. The van der Waals surface area contributed by atoms with E-state index in [-0.39, 0.29) is 18.5 Å². The molecule has 24 heavy (non-hydrogen) atoms. The van der Waals surface area contributed by atoms with Crippen LogP contribution in [0.15, 0.2) is 24.3 Å². The van der Waals surface area contributed by atoms with Crippen LogP contribution in [0.5, 0.6) is 0 Å². The maximum Gasteiger partial charge on any atom is 0.320 e. The molecule has 2 N–H and O–H groups in total. The van der Waals surface area contributed by atoms with Gasteiger partial charge in [0.2, 0.25) is 5.91 Å². The number of rotatable bonds is 7. The molecule has 0 bridgehead atoms. The van der Waals surface area contributed by atoms with E-state index in [0.717, 1.165) is 18.4 Å². The van der Waals surface area contributed by atoms with Crippen LogP contribution in [-0.4, -0.2) is 41.0 Å². The number of aliphatic carboxylic acids is 1. The summed E-state index contributed by atoms with van der Waals surface area (Å²) in [7, 11) is 0. The van der Waals surface area contributed by atoms with Gasteiger partial charge in [0.05, 0.1) is 12.6 Å². The Balaban J connectivity index is 1.88. The Morgan fingerprint density at radius 3 is 2.50 bits per heavy atom. The van der Waals surface area contributed by atoms with Gasteiger partial charge < -0.3 is 10.4 Å². The van der Waals surface area contributed by atoms with Gasteiger partial charge in [0.1, 0.15) is 6.04 Å². The lowest BCUT2D eigenvalue weighted by molar-refractivity contribution is -0.142. The number of amides is 1. The molecule has 0 aromatic heterocycles. The molecule has 132 valence electrons. The van der Waals surface area contributed by atoms with Gasteiger partial charge in [-0.2, -0.15) is 0 Å². The van der Waals surface area contributed by atoms with Crippen molar-refractivity contribution >= 4 is 11.9 Å². The van der Waals surface area contributed by atoms with Gasteiger partial charge in [0.25, 0.3) is 0 Å². The highest BCUT2D eigenvalue weighted by Gasteiger charge is 2.31. The molecule has 0 radical (unpaired) electrons. The van der Waals surface area contributed by atoms with Crippen molar-refractivity contribution in [2.24, 2.45) is 5.92 Å². The Hall–Kier alpha value is -1.88. The highest BCUT2D eigenvalue weighted by molar-refractivity contribution is 5.80. The zero-order valence-electron chi connectivity index (χ0n) is 14.8. The van der Waals surface area contributed by atoms with Gasteiger partial charge in [-0.25, -0.2) is 0 Å². The third-order valence-electron chi connectivity index (χ3n) is 4.50. The SMILES string of the molecule is CC(C)Cc1ccc(C(C)NC(=O)CN2CCC[C@@H]2C(=O)O)cc1. The molecule has 5 nitrogen and oxygen atoms in total. The number of carbonyl (C=O) groups is 2. The largest absolute Gasteiger partial charge is 0.480 e. The maximum atomic E-state index is 12.2. The van der Waals surface area contributed by atoms with E-state index in [4.69, 9.17) is 0 Å². The molecule has 0 spiro atoms. The zero-order valence-corrected chi connectivity index (χ0v) is 14.8. The molecular weight excluding hydrogens is 304 g/mol. The minimum Gasteiger partial charge on any atom is -0.480 e. The van der Waals surface area contributed by atoms with Crippen molar-refractivity contribution in [1.29, 1.82) is 0 Å². The fourth-order valence-electron chi connectivity index (χ4n) is 3.26. The van der Waals surface area contributed by atoms with Crippen LogP contribution >= 0.6 is 0 Å². The van der Waals surface area contributed by atoms with Crippen molar-refractivity contribution in [2.45, 2.75) is 52.1 Å². The first-order chi connectivity index (χ1) is 11.4. The molecule has 1 aliphatic heterocycles. The van der Waals surface area contributed by atoms with Crippen LogP contribution in [0.1, 0.15) is 50.8 Å². The van der Waals surface area contributed by atoms with Crippen LogP contribution in [0, 0.1) is 5.92 Å². The quantitative estimate of drug-likeness (QED) is 0.805. The summed E-state index contributed by atoms with van der Waals surface area (Å²) in [5, 5.41) is 12.1. The normalized spacial score (nSPS) is 19.4. The van der Waals surface area contributed by atoms with Gasteiger partial charge in [0.15, 0.2) is 0 Å². The highest BCUT2D eigenvalue weighted by atomic mass is 16.4. The minimum absolute atomic E-state index is 0.0866. The third-order valence-corrected chi connectivity index (χ3v) is 4.50. The molecule has 0 saturated carbocycles. The molecule has 1 aromatic rings. The molecule has 1 aromatic carbocycles. The van der Waals surface area contributed by atoms with E-state index in [0.29, 0.717) is 18.9 Å². The fourth-order valence-corrected chi connectivity index (χ4v) is 3.26. The summed E-state index contributed by atoms with van der Waals surface area (Å²) in [6, 6.07) is 7.72. The topological polar surface area (TPSA) is 69.6 Å². The molecule has 1 amide bonds. The van der Waals surface area contributed by atoms with Gasteiger partial charge in [-0.1, -0.05) is 38.1 Å². The third kappa shape index (κ3) is 5.06. The first-order valence-electron chi connectivity index (χ1n) is 8.72. The average Bonchev–Trinajstić information content (AvgIpc) is 2.95. The smallest absolute Gasteiger partial charge is 0.320 e. The molecule has 1 aliphatic rings. The molecule has 5 heteroatoms. The van der Waals surface area contributed by atoms with Crippen LogP contribution in [0.25, 0.3) is 0 Å². The van der Waals surface area contributed by atoms with Gasteiger partial charge in [-0.15, -0.1) is 0 Å². The lowest BCUT2D eigenvalue weighted by atomic mass is 10.00. The van der Waals surface area contributed by atoms with E-state index in [1.54, 1.807) is 4.90 Å². The van der Waals surface area contributed by atoms with E-state index in [1.165, 1.54) is 5.56 Å². The van der Waals surface area contributed by atoms with Crippen LogP contribution < -0.4 is 5.32 Å². The van der Waals surface area contributed by atoms with E-state index in [1.807, 2.05) is 6.92 Å². The van der Waals surface area contributed by atoms with Crippen molar-refractivity contribution in [3.8, 4) is 0 Å². The maximum absolute atomic E-state index is 12.2. The highest BCUT2D eigenvalue weighted by Crippen LogP contribution is 2.18. The van der Waals surface area contributed by atoms with E-state index in [2.05, 4.69) is 43.4 Å². The molecule has 1 unspecified atom stereocenters. The van der Waals surface area contributed by atoms with Gasteiger partial charge >= 0.3 is 5.97 Å². The van der Waals surface area contributed by atoms with Crippen LogP contribution in [0.2, 0.25) is 0 Å². The molecule has 0 aliphatic carbocycles. The van der Waals surface area contributed by atoms with Gasteiger partial charge in [-0.05, 0) is 49.8 Å². The summed E-state index contributed by atoms with van der Waals surface area (Å²) in [6.07, 6.45) is 2.50. The molecule has 2 atom stereocenters. The van der Waals surface area contributed by atoms with Crippen molar-refractivity contribution in [3.63, 3.8) is 0 Å². The lowest BCUT2D eigenvalue weighted by Gasteiger charge is -2.22. The van der Waals surface area contributed by atoms with E-state index in [9.17, 15) is 14.7 Å². The monoisotopic (exact) mass is 332 g/mol. The second kappa shape index (κ2) is 8.29. The van der Waals surface area contributed by atoms with Gasteiger partial charge in [0, 0.05) is 0 Å². The Labute approximate surface area is 144 Å². The summed E-state index contributed by atoms with van der Waals surface area (Å²) in [5.41, 5.74) is 2.36. The Morgan fingerprint density at radius 2 is 1.92 bits per heavy atom. The molecule has 1 heterocycles. The standard InChI is InChI=1S/C19H28N2O3/c1-13(2)11-15-6-8-16(9-7-15)14(3)20-18(22)12-21-10-4-5-17(21)19(23)24/h6-9,13-14,17H,4-5,10-12H2,1-3H3,(H,20,22)(H,23,24)/t14?,17-/m1/s1. The second-order valence-electron chi connectivity index (χ2n) is 7.10. The second-order valence-corrected chi connectivity index (χ2v) is 7.10. The number of hydrogen-bond acceptors (Lipinski definition) is 3. The van der Waals surface area contributed by atoms with Crippen LogP contribution in [0.4, 0.5) is 0 Å². The number of likely N-dealkylation sites (tertiary alicyclic amines) is 1. The summed E-state index contributed by atoms with van der Waals surface area (Å²) in [4.78, 5) is 25.1. The first kappa shape index (κ1) is 18.5. The molecule has 1 saturated heterocycles. The number of nitrogens with one attached hydrogen (secondary N) is 1. The summed E-state index contributed by atoms with van der Waals surface area (Å²) in [6.45, 7) is 7.16. The van der Waals surface area contributed by atoms with Gasteiger partial charge in [-0.3, -0.25) is 14.5 Å². The van der Waals surface area contributed by atoms with E-state index < -0.39 is 12.0 Å². The predicted octanol–water partition coefficient (Wildman–Crippen LogP) is 2.61. The number of carbonyl (C=O) groups excluding carboxylic acids is 1. The number of hydrogen-bond donors (Lipinski definition) is 2. The molecule has 1 fully saturated rings. The number of benzene rings is 1.